The summed E-state index contributed by atoms with van der Waals surface area (Å²) in [6.07, 6.45) is 4.19. The summed E-state index contributed by atoms with van der Waals surface area (Å²) in [4.78, 5) is 54.6. The Bertz CT molecular complexity index is 974. The van der Waals surface area contributed by atoms with E-state index in [4.69, 9.17) is 16.2 Å². The van der Waals surface area contributed by atoms with Gasteiger partial charge in [0, 0.05) is 19.2 Å². The van der Waals surface area contributed by atoms with Crippen molar-refractivity contribution >= 4 is 35.3 Å². The van der Waals surface area contributed by atoms with E-state index in [2.05, 4.69) is 28.8 Å². The molecular formula is C25H36N6O6. The molecule has 37 heavy (non-hydrogen) atoms. The van der Waals surface area contributed by atoms with Crippen LogP contribution in [-0.2, 0) is 19.2 Å². The van der Waals surface area contributed by atoms with Crippen molar-refractivity contribution in [2.24, 2.45) is 16.5 Å². The van der Waals surface area contributed by atoms with Crippen LogP contribution in [0.3, 0.4) is 0 Å². The van der Waals surface area contributed by atoms with Gasteiger partial charge < -0.3 is 36.8 Å². The second kappa shape index (κ2) is 16.3. The first-order chi connectivity index (χ1) is 17.6. The summed E-state index contributed by atoms with van der Waals surface area (Å²) in [6.45, 7) is 8.70. The minimum absolute atomic E-state index is 0.0108. The van der Waals surface area contributed by atoms with Crippen molar-refractivity contribution in [2.45, 2.75) is 44.7 Å². The molecule has 0 fully saturated rings. The van der Waals surface area contributed by atoms with Gasteiger partial charge >= 0.3 is 5.97 Å². The molecule has 0 aliphatic carbocycles. The molecule has 0 heterocycles. The van der Waals surface area contributed by atoms with Crippen LogP contribution in [-0.4, -0.2) is 66.5 Å². The van der Waals surface area contributed by atoms with Crippen molar-refractivity contribution in [1.82, 2.24) is 10.6 Å². The Kier molecular flexibility index (Phi) is 13.6. The topological polar surface area (TPSA) is 189 Å². The van der Waals surface area contributed by atoms with Gasteiger partial charge in [0.15, 0.2) is 5.96 Å². The van der Waals surface area contributed by atoms with Gasteiger partial charge in [-0.1, -0.05) is 18.7 Å². The number of hydrogen-bond acceptors (Lipinski definition) is 6. The molecule has 0 radical (unpaired) electrons. The summed E-state index contributed by atoms with van der Waals surface area (Å²) in [5.74, 6) is -2.35. The van der Waals surface area contributed by atoms with Gasteiger partial charge in [0.25, 0.3) is 0 Å². The van der Waals surface area contributed by atoms with Crippen LogP contribution < -0.4 is 31.7 Å². The Morgan fingerprint density at radius 3 is 2.30 bits per heavy atom. The zero-order valence-corrected chi connectivity index (χ0v) is 21.0. The number of nitrogens with two attached hydrogens (primary N) is 2. The quantitative estimate of drug-likeness (QED) is 0.0864. The summed E-state index contributed by atoms with van der Waals surface area (Å²) in [5.41, 5.74) is 11.1. The van der Waals surface area contributed by atoms with E-state index in [9.17, 15) is 24.3 Å². The fourth-order valence-electron chi connectivity index (χ4n) is 3.24. The predicted molar refractivity (Wildman–Crippen MR) is 141 cm³/mol. The van der Waals surface area contributed by atoms with Crippen LogP contribution >= 0.6 is 0 Å². The van der Waals surface area contributed by atoms with Gasteiger partial charge in [-0.05, 0) is 49.9 Å². The average molecular weight is 517 g/mol. The molecule has 202 valence electrons. The number of carboxylic acids is 1. The van der Waals surface area contributed by atoms with Crippen molar-refractivity contribution in [1.29, 1.82) is 0 Å². The largest absolute Gasteiger partial charge is 0.490 e. The molecule has 0 aromatic heterocycles. The van der Waals surface area contributed by atoms with E-state index >= 15 is 0 Å². The number of amides is 3. The van der Waals surface area contributed by atoms with Crippen LogP contribution in [0.2, 0.25) is 0 Å². The normalized spacial score (nSPS) is 11.8. The predicted octanol–water partition coefficient (Wildman–Crippen LogP) is 0.678. The number of aliphatic imine (C=N–C) groups is 1. The third-order valence-electron chi connectivity index (χ3n) is 5.06. The Hall–Kier alpha value is -4.35. The van der Waals surface area contributed by atoms with Gasteiger partial charge in [-0.25, -0.2) is 4.79 Å². The number of carbonyl (C=O) groups excluding carboxylic acids is 3. The summed E-state index contributed by atoms with van der Waals surface area (Å²) >= 11 is 0. The Balaban J connectivity index is 2.95. The lowest BCUT2D eigenvalue weighted by Crippen LogP contribution is -2.53. The molecule has 12 heteroatoms. The minimum atomic E-state index is -1.23. The first-order valence-electron chi connectivity index (χ1n) is 11.7. The summed E-state index contributed by atoms with van der Waals surface area (Å²) in [5, 5.41) is 14.4. The molecule has 1 rings (SSSR count). The highest BCUT2D eigenvalue weighted by Gasteiger charge is 2.26. The third-order valence-corrected chi connectivity index (χ3v) is 5.06. The van der Waals surface area contributed by atoms with E-state index in [-0.39, 0.29) is 31.3 Å². The molecule has 0 spiro atoms. The highest BCUT2D eigenvalue weighted by molar-refractivity contribution is 5.98. The maximum absolute atomic E-state index is 12.9. The zero-order chi connectivity index (χ0) is 27.8. The summed E-state index contributed by atoms with van der Waals surface area (Å²) in [7, 11) is 0. The Morgan fingerprint density at radius 2 is 1.76 bits per heavy atom. The highest BCUT2D eigenvalue weighted by Crippen LogP contribution is 2.20. The van der Waals surface area contributed by atoms with E-state index in [0.717, 1.165) is 0 Å². The summed E-state index contributed by atoms with van der Waals surface area (Å²) < 4.78 is 5.43. The van der Waals surface area contributed by atoms with Crippen molar-refractivity contribution in [3.8, 4) is 5.75 Å². The maximum atomic E-state index is 12.9. The average Bonchev–Trinajstić information content (AvgIpc) is 2.84. The van der Waals surface area contributed by atoms with E-state index in [1.54, 1.807) is 30.3 Å². The van der Waals surface area contributed by atoms with Crippen LogP contribution in [0.5, 0.6) is 5.75 Å². The molecule has 0 saturated carbocycles. The molecule has 2 atom stereocenters. The molecule has 7 N–H and O–H groups in total. The smallest absolute Gasteiger partial charge is 0.326 e. The van der Waals surface area contributed by atoms with Gasteiger partial charge in [-0.15, -0.1) is 6.58 Å². The number of guanidine groups is 1. The molecule has 0 aliphatic heterocycles. The van der Waals surface area contributed by atoms with Gasteiger partial charge in [0.2, 0.25) is 17.7 Å². The molecule has 12 nitrogen and oxygen atoms in total. The molecule has 0 aliphatic rings. The number of carbonyl (C=O) groups is 4. The molecular weight excluding hydrogens is 480 g/mol. The van der Waals surface area contributed by atoms with E-state index in [1.807, 2.05) is 0 Å². The molecule has 0 unspecified atom stereocenters. The van der Waals surface area contributed by atoms with Crippen LogP contribution in [0, 0.1) is 0 Å². The van der Waals surface area contributed by atoms with Gasteiger partial charge in [-0.2, -0.15) is 0 Å². The van der Waals surface area contributed by atoms with E-state index in [1.165, 1.54) is 17.9 Å². The third kappa shape index (κ3) is 11.8. The number of hydrogen-bond donors (Lipinski definition) is 5. The molecule has 1 aromatic carbocycles. The van der Waals surface area contributed by atoms with Crippen LogP contribution in [0.15, 0.2) is 54.6 Å². The molecule has 0 bridgehead atoms. The number of nitrogens with zero attached hydrogens (tertiary/aromatic N) is 2. The van der Waals surface area contributed by atoms with Crippen LogP contribution in [0.25, 0.3) is 0 Å². The lowest BCUT2D eigenvalue weighted by Gasteiger charge is -2.24. The first-order valence-corrected chi connectivity index (χ1v) is 11.7. The number of nitrogens with one attached hydrogen (secondary N) is 2. The van der Waals surface area contributed by atoms with Crippen molar-refractivity contribution in [3.63, 3.8) is 0 Å². The number of rotatable bonds is 17. The fraction of sp³-hybridized carbons (Fsp3) is 0.400. The van der Waals surface area contributed by atoms with Gasteiger partial charge in [-0.3, -0.25) is 19.4 Å². The van der Waals surface area contributed by atoms with Crippen LogP contribution in [0.1, 0.15) is 32.6 Å². The van der Waals surface area contributed by atoms with Crippen molar-refractivity contribution in [3.05, 3.63) is 49.6 Å². The lowest BCUT2D eigenvalue weighted by molar-refractivity contribution is -0.142. The molecule has 0 saturated heterocycles. The number of anilines is 1. The number of benzene rings is 1. The van der Waals surface area contributed by atoms with Gasteiger partial charge in [0.05, 0.1) is 0 Å². The monoisotopic (exact) mass is 516 g/mol. The van der Waals surface area contributed by atoms with Crippen molar-refractivity contribution in [2.75, 3.05) is 24.6 Å². The van der Waals surface area contributed by atoms with E-state index in [0.29, 0.717) is 37.4 Å². The summed E-state index contributed by atoms with van der Waals surface area (Å²) in [6, 6.07) is 4.35. The number of ether oxygens (including phenoxy) is 1. The SMILES string of the molecule is C=CCOc1ccc(N(CC(=O)N[C@@H](CCCCN=C(N)N)C(=O)N[C@@H](CC=C)C(=O)O)C(C)=O)cc1. The fourth-order valence-corrected chi connectivity index (χ4v) is 3.24. The number of unbranched alkanes of at least 4 members (excludes halogenated alkanes) is 1. The lowest BCUT2D eigenvalue weighted by atomic mass is 10.1. The van der Waals surface area contributed by atoms with Gasteiger partial charge in [0.1, 0.15) is 31.0 Å². The molecule has 3 amide bonds. The zero-order valence-electron chi connectivity index (χ0n) is 21.0. The number of carboxylic acid groups (broad SMARTS) is 1. The minimum Gasteiger partial charge on any atom is -0.490 e. The highest BCUT2D eigenvalue weighted by atomic mass is 16.5. The van der Waals surface area contributed by atoms with Crippen LogP contribution in [0.4, 0.5) is 5.69 Å². The second-order valence-corrected chi connectivity index (χ2v) is 8.05. The maximum Gasteiger partial charge on any atom is 0.326 e. The van der Waals surface area contributed by atoms with E-state index < -0.39 is 29.9 Å². The molecule has 1 aromatic rings. The Labute approximate surface area is 216 Å². The van der Waals surface area contributed by atoms with Crippen molar-refractivity contribution < 1.29 is 29.0 Å². The Morgan fingerprint density at radius 1 is 1.08 bits per heavy atom. The first kappa shape index (κ1) is 30.7. The second-order valence-electron chi connectivity index (χ2n) is 8.05. The standard InChI is InChI=1S/C25H36N6O6/c1-4-8-21(24(35)36)30-23(34)20(9-6-7-14-28-25(26)27)29-22(33)16-31(17(3)32)18-10-12-19(13-11-18)37-15-5-2/h4-5,10-13,20-21H,1-2,6-9,14-16H2,3H3,(H,29,33)(H,30,34)(H,35,36)(H4,26,27,28)/t20-,21-/m0/s1. The number of aliphatic carboxylic acids is 1.